The summed E-state index contributed by atoms with van der Waals surface area (Å²) < 4.78 is 10.9. The maximum Gasteiger partial charge on any atom is 0.267 e. The second-order valence-electron chi connectivity index (χ2n) is 8.72. The van der Waals surface area contributed by atoms with Crippen LogP contribution in [-0.4, -0.2) is 42.0 Å². The number of hydrogen-bond donors (Lipinski definition) is 3. The molecule has 8 nitrogen and oxygen atoms in total. The van der Waals surface area contributed by atoms with E-state index < -0.39 is 11.8 Å². The highest BCUT2D eigenvalue weighted by molar-refractivity contribution is 6.05. The van der Waals surface area contributed by atoms with E-state index in [4.69, 9.17) is 9.47 Å². The highest BCUT2D eigenvalue weighted by atomic mass is 16.5. The van der Waals surface area contributed by atoms with Gasteiger partial charge in [-0.15, -0.1) is 0 Å². The molecule has 0 aliphatic carbocycles. The number of hydrogen-bond acceptors (Lipinski definition) is 5. The molecular weight excluding hydrogens is 480 g/mol. The minimum absolute atomic E-state index is 0.132. The molecule has 0 radical (unpaired) electrons. The van der Waals surface area contributed by atoms with Gasteiger partial charge in [-0.05, 0) is 66.6 Å². The van der Waals surface area contributed by atoms with Crippen molar-refractivity contribution in [3.8, 4) is 11.5 Å². The van der Waals surface area contributed by atoms with Crippen molar-refractivity contribution < 1.29 is 19.1 Å². The Morgan fingerprint density at radius 3 is 2.42 bits per heavy atom. The van der Waals surface area contributed by atoms with Crippen molar-refractivity contribution in [3.63, 3.8) is 0 Å². The van der Waals surface area contributed by atoms with Gasteiger partial charge in [0.25, 0.3) is 11.8 Å². The van der Waals surface area contributed by atoms with Gasteiger partial charge in [-0.2, -0.15) is 0 Å². The van der Waals surface area contributed by atoms with Crippen molar-refractivity contribution >= 4 is 28.9 Å². The number of imidazole rings is 1. The molecule has 0 fully saturated rings. The summed E-state index contributed by atoms with van der Waals surface area (Å²) in [5, 5.41) is 5.65. The topological polar surface area (TPSA) is 105 Å². The molecule has 0 saturated heterocycles. The summed E-state index contributed by atoms with van der Waals surface area (Å²) >= 11 is 0. The maximum absolute atomic E-state index is 13.1. The third-order valence-corrected chi connectivity index (χ3v) is 5.89. The second-order valence-corrected chi connectivity index (χ2v) is 8.72. The van der Waals surface area contributed by atoms with Gasteiger partial charge < -0.3 is 25.1 Å². The van der Waals surface area contributed by atoms with Crippen LogP contribution in [0, 0.1) is 0 Å². The number of ether oxygens (including phenoxy) is 2. The number of aromatic nitrogens is 2. The molecule has 0 aliphatic heterocycles. The Balaban J connectivity index is 1.44. The van der Waals surface area contributed by atoms with Crippen molar-refractivity contribution in [2.24, 2.45) is 0 Å². The summed E-state index contributed by atoms with van der Waals surface area (Å²) in [6.45, 7) is 3.08. The number of para-hydroxylation sites is 2. The molecule has 1 heterocycles. The zero-order chi connectivity index (χ0) is 26.7. The normalized spacial score (nSPS) is 11.3. The second kappa shape index (κ2) is 13.1. The average Bonchev–Trinajstić information content (AvgIpc) is 3.36. The summed E-state index contributed by atoms with van der Waals surface area (Å²) in [5.74, 6) is 1.39. The highest BCUT2D eigenvalue weighted by Crippen LogP contribution is 2.16. The Bertz CT molecular complexity index is 1360. The summed E-state index contributed by atoms with van der Waals surface area (Å²) in [4.78, 5) is 33.9. The fourth-order valence-corrected chi connectivity index (χ4v) is 3.77. The SMILES string of the molecule is CCCCOc1ccc(C(=O)N/C(=C\c2ccc(OC)cc2)C(=O)NCCc2nc3ccccc3[nH]2)cc1. The lowest BCUT2D eigenvalue weighted by atomic mass is 10.1. The Morgan fingerprint density at radius 1 is 0.974 bits per heavy atom. The van der Waals surface area contributed by atoms with E-state index >= 15 is 0 Å². The number of carbonyl (C=O) groups is 2. The average molecular weight is 513 g/mol. The van der Waals surface area contributed by atoms with Crippen LogP contribution in [0.25, 0.3) is 17.1 Å². The summed E-state index contributed by atoms with van der Waals surface area (Å²) in [5.41, 5.74) is 3.12. The lowest BCUT2D eigenvalue weighted by Gasteiger charge is -2.12. The zero-order valence-corrected chi connectivity index (χ0v) is 21.6. The van der Waals surface area contributed by atoms with Gasteiger partial charge in [0, 0.05) is 18.5 Å². The molecule has 0 unspecified atom stereocenters. The first-order chi connectivity index (χ1) is 18.6. The molecule has 4 rings (SSSR count). The number of rotatable bonds is 12. The van der Waals surface area contributed by atoms with Gasteiger partial charge in [-0.25, -0.2) is 4.98 Å². The molecule has 38 heavy (non-hydrogen) atoms. The number of nitrogens with one attached hydrogen (secondary N) is 3. The van der Waals surface area contributed by atoms with E-state index in [1.807, 2.05) is 36.4 Å². The van der Waals surface area contributed by atoms with Crippen molar-refractivity contribution in [3.05, 3.63) is 95.4 Å². The summed E-state index contributed by atoms with van der Waals surface area (Å²) in [6.07, 6.45) is 4.16. The number of aromatic amines is 1. The number of fused-ring (bicyclic) bond motifs is 1. The number of benzene rings is 3. The Kier molecular flexibility index (Phi) is 9.12. The predicted octanol–water partition coefficient (Wildman–Crippen LogP) is 4.88. The molecule has 3 N–H and O–H groups in total. The number of methoxy groups -OCH3 is 1. The molecule has 8 heteroatoms. The van der Waals surface area contributed by atoms with Gasteiger partial charge >= 0.3 is 0 Å². The van der Waals surface area contributed by atoms with E-state index in [1.54, 1.807) is 49.6 Å². The molecular formula is C30H32N4O4. The van der Waals surface area contributed by atoms with Gasteiger partial charge in [0.2, 0.25) is 0 Å². The number of amides is 2. The predicted molar refractivity (Wildman–Crippen MR) is 148 cm³/mol. The first-order valence-corrected chi connectivity index (χ1v) is 12.7. The third-order valence-electron chi connectivity index (χ3n) is 5.89. The van der Waals surface area contributed by atoms with Gasteiger partial charge in [0.1, 0.15) is 23.0 Å². The molecule has 196 valence electrons. The molecule has 0 atom stereocenters. The zero-order valence-electron chi connectivity index (χ0n) is 21.6. The van der Waals surface area contributed by atoms with Crippen LogP contribution >= 0.6 is 0 Å². The van der Waals surface area contributed by atoms with E-state index in [9.17, 15) is 9.59 Å². The minimum atomic E-state index is -0.398. The first-order valence-electron chi connectivity index (χ1n) is 12.7. The van der Waals surface area contributed by atoms with E-state index in [2.05, 4.69) is 27.5 Å². The monoisotopic (exact) mass is 512 g/mol. The van der Waals surface area contributed by atoms with E-state index in [0.29, 0.717) is 36.6 Å². The number of unbranched alkanes of at least 4 members (excludes halogenated alkanes) is 1. The molecule has 2 amide bonds. The van der Waals surface area contributed by atoms with Crippen LogP contribution in [0.5, 0.6) is 11.5 Å². The van der Waals surface area contributed by atoms with Crippen LogP contribution in [-0.2, 0) is 11.2 Å². The lowest BCUT2D eigenvalue weighted by molar-refractivity contribution is -0.117. The molecule has 0 bridgehead atoms. The standard InChI is InChI=1S/C30H32N4O4/c1-3-4-19-38-24-15-11-22(12-16-24)29(35)34-27(20-21-9-13-23(37-2)14-10-21)30(36)31-18-17-28-32-25-7-5-6-8-26(25)33-28/h5-16,20H,3-4,17-19H2,1-2H3,(H,31,36)(H,32,33)(H,34,35)/b27-20-. The van der Waals surface area contributed by atoms with Crippen LogP contribution in [0.2, 0.25) is 0 Å². The lowest BCUT2D eigenvalue weighted by Crippen LogP contribution is -2.35. The number of carbonyl (C=O) groups excluding carboxylic acids is 2. The first kappa shape index (κ1) is 26.5. The molecule has 0 spiro atoms. The molecule has 0 saturated carbocycles. The van der Waals surface area contributed by atoms with E-state index in [-0.39, 0.29) is 5.70 Å². The fraction of sp³-hybridized carbons (Fsp3) is 0.233. The number of H-pyrrole nitrogens is 1. The largest absolute Gasteiger partial charge is 0.497 e. The Morgan fingerprint density at radius 2 is 1.71 bits per heavy atom. The maximum atomic E-state index is 13.1. The van der Waals surface area contributed by atoms with Crippen LogP contribution in [0.4, 0.5) is 0 Å². The van der Waals surface area contributed by atoms with Crippen LogP contribution in [0.3, 0.4) is 0 Å². The number of nitrogens with zero attached hydrogens (tertiary/aromatic N) is 1. The summed E-state index contributed by atoms with van der Waals surface area (Å²) in [6, 6.07) is 21.9. The molecule has 3 aromatic carbocycles. The van der Waals surface area contributed by atoms with E-state index in [0.717, 1.165) is 35.3 Å². The van der Waals surface area contributed by atoms with Gasteiger partial charge in [-0.3, -0.25) is 9.59 Å². The molecule has 0 aliphatic rings. The summed E-state index contributed by atoms with van der Waals surface area (Å²) in [7, 11) is 1.59. The molecule has 1 aromatic heterocycles. The van der Waals surface area contributed by atoms with Gasteiger partial charge in [-0.1, -0.05) is 37.6 Å². The minimum Gasteiger partial charge on any atom is -0.497 e. The van der Waals surface area contributed by atoms with Crippen molar-refractivity contribution in [1.29, 1.82) is 0 Å². The smallest absolute Gasteiger partial charge is 0.267 e. The van der Waals surface area contributed by atoms with Crippen LogP contribution in [0.15, 0.2) is 78.5 Å². The van der Waals surface area contributed by atoms with Gasteiger partial charge in [0.05, 0.1) is 24.8 Å². The highest BCUT2D eigenvalue weighted by Gasteiger charge is 2.15. The van der Waals surface area contributed by atoms with Crippen molar-refractivity contribution in [2.45, 2.75) is 26.2 Å². The van der Waals surface area contributed by atoms with Gasteiger partial charge in [0.15, 0.2) is 0 Å². The molecule has 4 aromatic rings. The fourth-order valence-electron chi connectivity index (χ4n) is 3.77. The quantitative estimate of drug-likeness (QED) is 0.185. The van der Waals surface area contributed by atoms with E-state index in [1.165, 1.54) is 0 Å². The van der Waals surface area contributed by atoms with Crippen LogP contribution < -0.4 is 20.1 Å². The third kappa shape index (κ3) is 7.22. The van der Waals surface area contributed by atoms with Crippen molar-refractivity contribution in [1.82, 2.24) is 20.6 Å². The Labute approximate surface area is 222 Å². The Hall–Kier alpha value is -4.59. The van der Waals surface area contributed by atoms with Crippen LogP contribution in [0.1, 0.15) is 41.5 Å². The van der Waals surface area contributed by atoms with Crippen molar-refractivity contribution in [2.75, 3.05) is 20.3 Å².